The monoisotopic (exact) mass is 208 g/mol. The topological polar surface area (TPSA) is 64.2 Å². The number of nitrogens with two attached hydrogens (primary N) is 1. The zero-order chi connectivity index (χ0) is 10.8. The highest BCUT2D eigenvalue weighted by Gasteiger charge is 2.26. The molecular formula is C10H16N4O. The van der Waals surface area contributed by atoms with E-state index in [0.717, 1.165) is 19.4 Å². The molecule has 1 aromatic heterocycles. The van der Waals surface area contributed by atoms with Crippen molar-refractivity contribution in [2.75, 3.05) is 18.0 Å². The molecule has 0 saturated carbocycles. The first-order valence-corrected chi connectivity index (χ1v) is 5.22. The van der Waals surface area contributed by atoms with Crippen molar-refractivity contribution in [3.05, 3.63) is 22.7 Å². The molecule has 5 heteroatoms. The van der Waals surface area contributed by atoms with Crippen molar-refractivity contribution in [3.8, 4) is 0 Å². The molecule has 2 N–H and O–H groups in total. The Bertz CT molecular complexity index is 401. The van der Waals surface area contributed by atoms with Gasteiger partial charge in [0.05, 0.1) is 0 Å². The zero-order valence-electron chi connectivity index (χ0n) is 8.89. The molecule has 82 valence electrons. The van der Waals surface area contributed by atoms with Gasteiger partial charge in [0.2, 0.25) is 0 Å². The Morgan fingerprint density at radius 1 is 1.67 bits per heavy atom. The standard InChI is InChI=1S/C10H16N4O/c1-13-6-4-12-9(10(13)15)14-5-2-3-8(14)7-11/h4,6,8H,2-3,5,7,11H2,1H3. The van der Waals surface area contributed by atoms with Gasteiger partial charge < -0.3 is 15.2 Å². The van der Waals surface area contributed by atoms with Crippen LogP contribution in [0.3, 0.4) is 0 Å². The van der Waals surface area contributed by atoms with Crippen LogP contribution >= 0.6 is 0 Å². The number of hydrogen-bond acceptors (Lipinski definition) is 4. The van der Waals surface area contributed by atoms with Gasteiger partial charge in [0.1, 0.15) is 0 Å². The lowest BCUT2D eigenvalue weighted by molar-refractivity contribution is 0.663. The van der Waals surface area contributed by atoms with Gasteiger partial charge in [0.25, 0.3) is 5.56 Å². The smallest absolute Gasteiger partial charge is 0.293 e. The van der Waals surface area contributed by atoms with E-state index in [2.05, 4.69) is 4.98 Å². The van der Waals surface area contributed by atoms with Crippen LogP contribution in [-0.4, -0.2) is 28.7 Å². The Balaban J connectivity index is 2.37. The molecule has 2 heterocycles. The summed E-state index contributed by atoms with van der Waals surface area (Å²) in [5.41, 5.74) is 5.63. The van der Waals surface area contributed by atoms with Crippen LogP contribution in [0.5, 0.6) is 0 Å². The van der Waals surface area contributed by atoms with Gasteiger partial charge in [0, 0.05) is 38.6 Å². The Morgan fingerprint density at radius 2 is 2.47 bits per heavy atom. The summed E-state index contributed by atoms with van der Waals surface area (Å²) in [6, 6.07) is 0.271. The van der Waals surface area contributed by atoms with Crippen LogP contribution in [0.2, 0.25) is 0 Å². The third kappa shape index (κ3) is 1.74. The molecule has 1 atom stereocenters. The molecule has 1 unspecified atom stereocenters. The molecule has 1 fully saturated rings. The fraction of sp³-hybridized carbons (Fsp3) is 0.600. The molecule has 1 aliphatic rings. The summed E-state index contributed by atoms with van der Waals surface area (Å²) in [5, 5.41) is 0. The first kappa shape index (κ1) is 10.2. The molecule has 0 aromatic carbocycles. The van der Waals surface area contributed by atoms with Gasteiger partial charge in [-0.15, -0.1) is 0 Å². The molecule has 1 aliphatic heterocycles. The largest absolute Gasteiger partial charge is 0.348 e. The van der Waals surface area contributed by atoms with Crippen molar-refractivity contribution in [3.63, 3.8) is 0 Å². The number of nitrogens with zero attached hydrogens (tertiary/aromatic N) is 3. The lowest BCUT2D eigenvalue weighted by Gasteiger charge is -2.23. The third-order valence-corrected chi connectivity index (χ3v) is 2.92. The summed E-state index contributed by atoms with van der Waals surface area (Å²) in [7, 11) is 1.74. The molecule has 0 bridgehead atoms. The van der Waals surface area contributed by atoms with Crippen molar-refractivity contribution >= 4 is 5.82 Å². The number of hydrogen-bond donors (Lipinski definition) is 1. The minimum absolute atomic E-state index is 0.0437. The average molecular weight is 208 g/mol. The Hall–Kier alpha value is -1.36. The number of aryl methyl sites for hydroxylation is 1. The van der Waals surface area contributed by atoms with Crippen LogP contribution in [0.4, 0.5) is 5.82 Å². The van der Waals surface area contributed by atoms with Crippen LogP contribution in [0.1, 0.15) is 12.8 Å². The van der Waals surface area contributed by atoms with E-state index in [1.807, 2.05) is 4.90 Å². The van der Waals surface area contributed by atoms with E-state index in [-0.39, 0.29) is 11.6 Å². The average Bonchev–Trinajstić information content (AvgIpc) is 2.70. The van der Waals surface area contributed by atoms with E-state index >= 15 is 0 Å². The number of rotatable bonds is 2. The van der Waals surface area contributed by atoms with Gasteiger partial charge in [-0.05, 0) is 12.8 Å². The third-order valence-electron chi connectivity index (χ3n) is 2.92. The summed E-state index contributed by atoms with van der Waals surface area (Å²) in [6.45, 7) is 1.47. The maximum atomic E-state index is 11.8. The minimum Gasteiger partial charge on any atom is -0.348 e. The van der Waals surface area contributed by atoms with Crippen LogP contribution < -0.4 is 16.2 Å². The minimum atomic E-state index is -0.0437. The maximum absolute atomic E-state index is 11.8. The summed E-state index contributed by atoms with van der Waals surface area (Å²) < 4.78 is 1.55. The predicted molar refractivity (Wildman–Crippen MR) is 58.9 cm³/mol. The van der Waals surface area contributed by atoms with E-state index in [0.29, 0.717) is 12.4 Å². The molecule has 0 amide bonds. The fourth-order valence-electron chi connectivity index (χ4n) is 2.04. The van der Waals surface area contributed by atoms with Gasteiger partial charge in [-0.25, -0.2) is 4.98 Å². The van der Waals surface area contributed by atoms with E-state index in [4.69, 9.17) is 5.73 Å². The Kier molecular flexibility index (Phi) is 2.73. The lowest BCUT2D eigenvalue weighted by atomic mass is 10.2. The van der Waals surface area contributed by atoms with Crippen molar-refractivity contribution in [1.82, 2.24) is 9.55 Å². The fourth-order valence-corrected chi connectivity index (χ4v) is 2.04. The normalized spacial score (nSPS) is 20.9. The second-order valence-corrected chi connectivity index (χ2v) is 3.89. The second kappa shape index (κ2) is 4.02. The molecule has 0 aliphatic carbocycles. The molecule has 15 heavy (non-hydrogen) atoms. The maximum Gasteiger partial charge on any atom is 0.293 e. The summed E-state index contributed by atoms with van der Waals surface area (Å²) >= 11 is 0. The SMILES string of the molecule is Cn1ccnc(N2CCCC2CN)c1=O. The van der Waals surface area contributed by atoms with Crippen molar-refractivity contribution in [1.29, 1.82) is 0 Å². The van der Waals surface area contributed by atoms with Gasteiger partial charge in [-0.2, -0.15) is 0 Å². The van der Waals surface area contributed by atoms with Crippen molar-refractivity contribution < 1.29 is 0 Å². The number of anilines is 1. The summed E-state index contributed by atoms with van der Waals surface area (Å²) in [5.74, 6) is 0.535. The molecule has 5 nitrogen and oxygen atoms in total. The van der Waals surface area contributed by atoms with E-state index in [9.17, 15) is 4.79 Å². The van der Waals surface area contributed by atoms with Crippen molar-refractivity contribution in [2.24, 2.45) is 12.8 Å². The highest BCUT2D eigenvalue weighted by molar-refractivity contribution is 5.38. The first-order valence-electron chi connectivity index (χ1n) is 5.22. The van der Waals surface area contributed by atoms with Gasteiger partial charge in [-0.3, -0.25) is 4.79 Å². The van der Waals surface area contributed by atoms with Crippen molar-refractivity contribution in [2.45, 2.75) is 18.9 Å². The van der Waals surface area contributed by atoms with Gasteiger partial charge in [-0.1, -0.05) is 0 Å². The molecule has 1 aromatic rings. The van der Waals surface area contributed by atoms with E-state index in [1.165, 1.54) is 0 Å². The van der Waals surface area contributed by atoms with Crippen LogP contribution in [0, 0.1) is 0 Å². The van der Waals surface area contributed by atoms with Gasteiger partial charge >= 0.3 is 0 Å². The highest BCUT2D eigenvalue weighted by Crippen LogP contribution is 2.19. The molecule has 1 saturated heterocycles. The highest BCUT2D eigenvalue weighted by atomic mass is 16.1. The van der Waals surface area contributed by atoms with Crippen LogP contribution in [-0.2, 0) is 7.05 Å². The summed E-state index contributed by atoms with van der Waals surface area (Å²) in [4.78, 5) is 18.0. The summed E-state index contributed by atoms with van der Waals surface area (Å²) in [6.07, 6.45) is 5.46. The Labute approximate surface area is 88.5 Å². The number of aromatic nitrogens is 2. The Morgan fingerprint density at radius 3 is 3.20 bits per heavy atom. The molecule has 2 rings (SSSR count). The quantitative estimate of drug-likeness (QED) is 0.725. The van der Waals surface area contributed by atoms with E-state index in [1.54, 1.807) is 24.0 Å². The molecule has 0 radical (unpaired) electrons. The van der Waals surface area contributed by atoms with Crippen LogP contribution in [0.25, 0.3) is 0 Å². The second-order valence-electron chi connectivity index (χ2n) is 3.89. The van der Waals surface area contributed by atoms with Gasteiger partial charge in [0.15, 0.2) is 5.82 Å². The van der Waals surface area contributed by atoms with Crippen LogP contribution in [0.15, 0.2) is 17.2 Å². The first-order chi connectivity index (χ1) is 7.24. The molecule has 0 spiro atoms. The zero-order valence-corrected chi connectivity index (χ0v) is 8.89. The van der Waals surface area contributed by atoms with E-state index < -0.39 is 0 Å². The predicted octanol–water partition coefficient (Wildman–Crippen LogP) is -0.292. The lowest BCUT2D eigenvalue weighted by Crippen LogP contribution is -2.40. The molecular weight excluding hydrogens is 192 g/mol.